The van der Waals surface area contributed by atoms with Crippen LogP contribution in [0.1, 0.15) is 29.3 Å². The minimum Gasteiger partial charge on any atom is -0.489 e. The molecule has 0 amide bonds. The first kappa shape index (κ1) is 13.1. The van der Waals surface area contributed by atoms with Gasteiger partial charge in [-0.05, 0) is 29.8 Å². The lowest BCUT2D eigenvalue weighted by atomic mass is 10.1. The standard InChI is InChI=1S/C16H17NO2/c1-2-16(18)13-6-4-8-15(10-13)19-11-12-5-3-7-14(17)9-12/h3-10H,2,11,17H2,1H3. The van der Waals surface area contributed by atoms with Crippen LogP contribution in [0.2, 0.25) is 0 Å². The minimum absolute atomic E-state index is 0.120. The molecule has 2 rings (SSSR count). The van der Waals surface area contributed by atoms with Crippen LogP contribution in [-0.4, -0.2) is 5.78 Å². The van der Waals surface area contributed by atoms with E-state index in [-0.39, 0.29) is 5.78 Å². The number of hydrogen-bond donors (Lipinski definition) is 1. The Morgan fingerprint density at radius 3 is 2.68 bits per heavy atom. The predicted octanol–water partition coefficient (Wildman–Crippen LogP) is 3.44. The van der Waals surface area contributed by atoms with E-state index in [4.69, 9.17) is 10.5 Å². The van der Waals surface area contributed by atoms with Crippen LogP contribution in [0, 0.1) is 0 Å². The number of carbonyl (C=O) groups excluding carboxylic acids is 1. The van der Waals surface area contributed by atoms with Gasteiger partial charge in [0.1, 0.15) is 12.4 Å². The summed E-state index contributed by atoms with van der Waals surface area (Å²) in [5.41, 5.74) is 8.12. The second kappa shape index (κ2) is 6.05. The highest BCUT2D eigenvalue weighted by Crippen LogP contribution is 2.17. The first-order chi connectivity index (χ1) is 9.19. The molecule has 19 heavy (non-hydrogen) atoms. The molecule has 0 unspecified atom stereocenters. The second-order valence-corrected chi connectivity index (χ2v) is 4.34. The summed E-state index contributed by atoms with van der Waals surface area (Å²) >= 11 is 0. The van der Waals surface area contributed by atoms with Crippen LogP contribution >= 0.6 is 0 Å². The first-order valence-electron chi connectivity index (χ1n) is 6.29. The fourth-order valence-electron chi connectivity index (χ4n) is 1.81. The number of carbonyl (C=O) groups is 1. The average Bonchev–Trinajstić information content (AvgIpc) is 2.45. The molecule has 0 saturated carbocycles. The highest BCUT2D eigenvalue weighted by atomic mass is 16.5. The molecule has 2 aromatic carbocycles. The number of ketones is 1. The second-order valence-electron chi connectivity index (χ2n) is 4.34. The fraction of sp³-hybridized carbons (Fsp3) is 0.188. The van der Waals surface area contributed by atoms with Gasteiger partial charge in [0, 0.05) is 17.7 Å². The van der Waals surface area contributed by atoms with E-state index in [1.165, 1.54) is 0 Å². The highest BCUT2D eigenvalue weighted by Gasteiger charge is 2.04. The summed E-state index contributed by atoms with van der Waals surface area (Å²) in [6, 6.07) is 14.8. The van der Waals surface area contributed by atoms with Gasteiger partial charge in [-0.25, -0.2) is 0 Å². The summed E-state index contributed by atoms with van der Waals surface area (Å²) in [6.07, 6.45) is 0.499. The smallest absolute Gasteiger partial charge is 0.162 e. The van der Waals surface area contributed by atoms with Gasteiger partial charge in [-0.2, -0.15) is 0 Å². The van der Waals surface area contributed by atoms with Gasteiger partial charge in [-0.1, -0.05) is 31.2 Å². The van der Waals surface area contributed by atoms with Crippen LogP contribution in [0.25, 0.3) is 0 Å². The monoisotopic (exact) mass is 255 g/mol. The van der Waals surface area contributed by atoms with Gasteiger partial charge < -0.3 is 10.5 Å². The van der Waals surface area contributed by atoms with Crippen LogP contribution in [0.4, 0.5) is 5.69 Å². The van der Waals surface area contributed by atoms with E-state index in [2.05, 4.69) is 0 Å². The van der Waals surface area contributed by atoms with Crippen molar-refractivity contribution in [3.63, 3.8) is 0 Å². The van der Waals surface area contributed by atoms with E-state index in [0.717, 1.165) is 11.3 Å². The Bertz CT molecular complexity index is 578. The molecule has 0 fully saturated rings. The molecule has 0 atom stereocenters. The maximum Gasteiger partial charge on any atom is 0.162 e. The number of hydrogen-bond acceptors (Lipinski definition) is 3. The molecule has 3 heteroatoms. The summed E-state index contributed by atoms with van der Waals surface area (Å²) in [7, 11) is 0. The van der Waals surface area contributed by atoms with E-state index in [0.29, 0.717) is 24.3 Å². The van der Waals surface area contributed by atoms with E-state index in [1.54, 1.807) is 12.1 Å². The largest absolute Gasteiger partial charge is 0.489 e. The number of ether oxygens (including phenoxy) is 1. The van der Waals surface area contributed by atoms with Gasteiger partial charge in [0.05, 0.1) is 0 Å². The van der Waals surface area contributed by atoms with E-state index in [9.17, 15) is 4.79 Å². The van der Waals surface area contributed by atoms with Crippen LogP contribution in [0.3, 0.4) is 0 Å². The molecule has 0 spiro atoms. The Balaban J connectivity index is 2.05. The normalized spacial score (nSPS) is 10.2. The van der Waals surface area contributed by atoms with Crippen molar-refractivity contribution in [2.75, 3.05) is 5.73 Å². The molecule has 2 N–H and O–H groups in total. The first-order valence-corrected chi connectivity index (χ1v) is 6.29. The summed E-state index contributed by atoms with van der Waals surface area (Å²) in [4.78, 5) is 11.6. The van der Waals surface area contributed by atoms with E-state index in [1.807, 2.05) is 43.3 Å². The fourth-order valence-corrected chi connectivity index (χ4v) is 1.81. The van der Waals surface area contributed by atoms with Crippen LogP contribution in [0.5, 0.6) is 5.75 Å². The van der Waals surface area contributed by atoms with Crippen LogP contribution in [0.15, 0.2) is 48.5 Å². The van der Waals surface area contributed by atoms with Crippen molar-refractivity contribution < 1.29 is 9.53 Å². The summed E-state index contributed by atoms with van der Waals surface area (Å²) in [6.45, 7) is 2.29. The molecule has 0 bridgehead atoms. The van der Waals surface area contributed by atoms with Crippen molar-refractivity contribution in [2.24, 2.45) is 0 Å². The molecule has 0 aromatic heterocycles. The predicted molar refractivity (Wildman–Crippen MR) is 76.2 cm³/mol. The van der Waals surface area contributed by atoms with Gasteiger partial charge in [0.25, 0.3) is 0 Å². The molecule has 0 aliphatic rings. The summed E-state index contributed by atoms with van der Waals surface area (Å²) in [5.74, 6) is 0.816. The Morgan fingerprint density at radius 2 is 1.95 bits per heavy atom. The summed E-state index contributed by atoms with van der Waals surface area (Å²) < 4.78 is 5.67. The zero-order valence-electron chi connectivity index (χ0n) is 10.9. The van der Waals surface area contributed by atoms with Crippen molar-refractivity contribution in [1.82, 2.24) is 0 Å². The number of benzene rings is 2. The zero-order valence-corrected chi connectivity index (χ0v) is 10.9. The third-order valence-electron chi connectivity index (χ3n) is 2.83. The lowest BCUT2D eigenvalue weighted by Gasteiger charge is -2.08. The summed E-state index contributed by atoms with van der Waals surface area (Å²) in [5, 5.41) is 0. The maximum absolute atomic E-state index is 11.6. The lowest BCUT2D eigenvalue weighted by molar-refractivity contribution is 0.0987. The van der Waals surface area contributed by atoms with Crippen molar-refractivity contribution in [1.29, 1.82) is 0 Å². The van der Waals surface area contributed by atoms with Gasteiger partial charge >= 0.3 is 0 Å². The Morgan fingerprint density at radius 1 is 1.16 bits per heavy atom. The molecule has 3 nitrogen and oxygen atoms in total. The van der Waals surface area contributed by atoms with Crippen LogP contribution in [-0.2, 0) is 6.61 Å². The molecule has 98 valence electrons. The number of Topliss-reactive ketones (excluding diaryl/α,β-unsaturated/α-hetero) is 1. The van der Waals surface area contributed by atoms with Gasteiger partial charge in [-0.15, -0.1) is 0 Å². The molecule has 0 aliphatic carbocycles. The van der Waals surface area contributed by atoms with E-state index >= 15 is 0 Å². The molecule has 0 saturated heterocycles. The molecule has 0 heterocycles. The van der Waals surface area contributed by atoms with Gasteiger partial charge in [0.15, 0.2) is 5.78 Å². The number of nitrogens with two attached hydrogens (primary N) is 1. The molecule has 0 radical (unpaired) electrons. The number of nitrogen functional groups attached to an aromatic ring is 1. The molecule has 2 aromatic rings. The Labute approximate surface area is 113 Å². The van der Waals surface area contributed by atoms with Crippen LogP contribution < -0.4 is 10.5 Å². The maximum atomic E-state index is 11.6. The van der Waals surface area contributed by atoms with Crippen molar-refractivity contribution in [3.05, 3.63) is 59.7 Å². The average molecular weight is 255 g/mol. The molecular weight excluding hydrogens is 238 g/mol. The Kier molecular flexibility index (Phi) is 4.18. The molecular formula is C16H17NO2. The Hall–Kier alpha value is -2.29. The lowest BCUT2D eigenvalue weighted by Crippen LogP contribution is -1.99. The third kappa shape index (κ3) is 3.58. The van der Waals surface area contributed by atoms with Crippen molar-refractivity contribution >= 4 is 11.5 Å². The van der Waals surface area contributed by atoms with Gasteiger partial charge in [-0.3, -0.25) is 4.79 Å². The quantitative estimate of drug-likeness (QED) is 0.657. The van der Waals surface area contributed by atoms with E-state index < -0.39 is 0 Å². The molecule has 0 aliphatic heterocycles. The highest BCUT2D eigenvalue weighted by molar-refractivity contribution is 5.96. The minimum atomic E-state index is 0.120. The topological polar surface area (TPSA) is 52.3 Å². The zero-order chi connectivity index (χ0) is 13.7. The van der Waals surface area contributed by atoms with Crippen molar-refractivity contribution in [2.45, 2.75) is 20.0 Å². The number of anilines is 1. The SMILES string of the molecule is CCC(=O)c1cccc(OCc2cccc(N)c2)c1. The van der Waals surface area contributed by atoms with Crippen molar-refractivity contribution in [3.8, 4) is 5.75 Å². The number of rotatable bonds is 5. The third-order valence-corrected chi connectivity index (χ3v) is 2.83. The van der Waals surface area contributed by atoms with Gasteiger partial charge in [0.2, 0.25) is 0 Å².